The zero-order valence-corrected chi connectivity index (χ0v) is 18.3. The smallest absolute Gasteiger partial charge is 0.242 e. The first-order valence-corrected chi connectivity index (χ1v) is 9.37. The Hall–Kier alpha value is -1.61. The zero-order valence-electron chi connectivity index (χ0n) is 15.1. The lowest BCUT2D eigenvalue weighted by Crippen LogP contribution is -2.45. The molecule has 0 atom stereocenters. The Kier molecular flexibility index (Phi) is 7.89. The summed E-state index contributed by atoms with van der Waals surface area (Å²) in [6, 6.07) is 10.5. The number of fused-ring (bicyclic) bond motifs is 1. The molecule has 1 amide bonds. The number of nitrogens with one attached hydrogen (secondary N) is 2. The molecule has 7 heteroatoms. The van der Waals surface area contributed by atoms with Crippen molar-refractivity contribution >= 4 is 47.2 Å². The normalized spacial score (nSPS) is 13.6. The molecule has 2 heterocycles. The molecule has 1 aliphatic rings. The van der Waals surface area contributed by atoms with E-state index in [0.29, 0.717) is 12.5 Å². The van der Waals surface area contributed by atoms with E-state index in [1.165, 1.54) is 21.6 Å². The van der Waals surface area contributed by atoms with E-state index in [0.717, 1.165) is 19.5 Å². The number of guanidine groups is 1. The van der Waals surface area contributed by atoms with Gasteiger partial charge in [0, 0.05) is 31.6 Å². The Morgan fingerprint density at radius 2 is 2.00 bits per heavy atom. The number of nitrogens with zero attached hydrogens (tertiary/aromatic N) is 2. The van der Waals surface area contributed by atoms with Crippen molar-refractivity contribution in [3.8, 4) is 0 Å². The summed E-state index contributed by atoms with van der Waals surface area (Å²) in [6.07, 6.45) is 0.957. The third-order valence-corrected chi connectivity index (χ3v) is 5.39. The SMILES string of the molecule is CN=C(NCC(=O)N1CCc2sccc2C1)NCc1ccc(C)cc1.I. The number of benzene rings is 1. The van der Waals surface area contributed by atoms with Crippen LogP contribution in [-0.4, -0.2) is 36.9 Å². The molecule has 2 N–H and O–H groups in total. The Morgan fingerprint density at radius 1 is 1.23 bits per heavy atom. The van der Waals surface area contributed by atoms with Crippen LogP contribution in [0.1, 0.15) is 21.6 Å². The maximum Gasteiger partial charge on any atom is 0.242 e. The van der Waals surface area contributed by atoms with Crippen LogP contribution in [0.3, 0.4) is 0 Å². The number of aliphatic imine (C=N–C) groups is 1. The van der Waals surface area contributed by atoms with E-state index in [-0.39, 0.29) is 36.4 Å². The lowest BCUT2D eigenvalue weighted by molar-refractivity contribution is -0.130. The van der Waals surface area contributed by atoms with Gasteiger partial charge >= 0.3 is 0 Å². The van der Waals surface area contributed by atoms with E-state index in [4.69, 9.17) is 0 Å². The predicted molar refractivity (Wildman–Crippen MR) is 118 cm³/mol. The predicted octanol–water partition coefficient (Wildman–Crippen LogP) is 2.92. The van der Waals surface area contributed by atoms with Crippen molar-refractivity contribution in [1.82, 2.24) is 15.5 Å². The highest BCUT2D eigenvalue weighted by molar-refractivity contribution is 14.0. The fourth-order valence-corrected chi connectivity index (χ4v) is 3.73. The molecular weight excluding hydrogens is 459 g/mol. The highest BCUT2D eigenvalue weighted by Crippen LogP contribution is 2.23. The molecule has 140 valence electrons. The van der Waals surface area contributed by atoms with Gasteiger partial charge in [-0.25, -0.2) is 0 Å². The number of rotatable bonds is 4. The van der Waals surface area contributed by atoms with Gasteiger partial charge in [0.25, 0.3) is 0 Å². The van der Waals surface area contributed by atoms with Gasteiger partial charge in [0.05, 0.1) is 6.54 Å². The fraction of sp³-hybridized carbons (Fsp3) is 0.368. The number of amides is 1. The molecule has 3 rings (SSSR count). The molecule has 1 aromatic carbocycles. The summed E-state index contributed by atoms with van der Waals surface area (Å²) in [4.78, 5) is 20.0. The molecule has 1 aliphatic heterocycles. The van der Waals surface area contributed by atoms with Crippen LogP contribution in [0.5, 0.6) is 0 Å². The molecule has 0 saturated carbocycles. The minimum atomic E-state index is 0. The molecule has 0 fully saturated rings. The molecule has 26 heavy (non-hydrogen) atoms. The second-order valence-electron chi connectivity index (χ2n) is 6.20. The van der Waals surface area contributed by atoms with Gasteiger partial charge in [-0.15, -0.1) is 35.3 Å². The van der Waals surface area contributed by atoms with E-state index in [2.05, 4.69) is 58.3 Å². The van der Waals surface area contributed by atoms with Gasteiger partial charge in [0.2, 0.25) is 5.91 Å². The van der Waals surface area contributed by atoms with Gasteiger partial charge in [-0.05, 0) is 35.9 Å². The average molecular weight is 484 g/mol. The zero-order chi connectivity index (χ0) is 17.6. The topological polar surface area (TPSA) is 56.7 Å². The van der Waals surface area contributed by atoms with E-state index in [9.17, 15) is 4.79 Å². The third-order valence-electron chi connectivity index (χ3n) is 4.37. The van der Waals surface area contributed by atoms with E-state index in [1.807, 2.05) is 4.90 Å². The highest BCUT2D eigenvalue weighted by atomic mass is 127. The monoisotopic (exact) mass is 484 g/mol. The van der Waals surface area contributed by atoms with Gasteiger partial charge in [-0.2, -0.15) is 0 Å². The van der Waals surface area contributed by atoms with Crippen molar-refractivity contribution in [2.45, 2.75) is 26.4 Å². The van der Waals surface area contributed by atoms with Gasteiger partial charge in [-0.3, -0.25) is 9.79 Å². The lowest BCUT2D eigenvalue weighted by atomic mass is 10.1. The maximum atomic E-state index is 12.4. The Labute approximate surface area is 175 Å². The number of hydrogen-bond acceptors (Lipinski definition) is 3. The standard InChI is InChI=1S/C19H24N4OS.HI/c1-14-3-5-15(6-4-14)11-21-19(20-2)22-12-18(24)23-9-7-17-16(13-23)8-10-25-17;/h3-6,8,10H,7,9,11-13H2,1-2H3,(H2,20,21,22);1H. The van der Waals surface area contributed by atoms with E-state index < -0.39 is 0 Å². The maximum absolute atomic E-state index is 12.4. The van der Waals surface area contributed by atoms with Crippen molar-refractivity contribution in [3.05, 3.63) is 57.3 Å². The molecule has 2 aromatic rings. The van der Waals surface area contributed by atoms with Crippen LogP contribution >= 0.6 is 35.3 Å². The molecular formula is C19H25IN4OS. The van der Waals surface area contributed by atoms with Crippen molar-refractivity contribution < 1.29 is 4.79 Å². The summed E-state index contributed by atoms with van der Waals surface area (Å²) in [5.41, 5.74) is 3.71. The van der Waals surface area contributed by atoms with Crippen LogP contribution in [0.25, 0.3) is 0 Å². The molecule has 1 aromatic heterocycles. The van der Waals surface area contributed by atoms with E-state index >= 15 is 0 Å². The summed E-state index contributed by atoms with van der Waals surface area (Å²) < 4.78 is 0. The molecule has 0 radical (unpaired) electrons. The second kappa shape index (κ2) is 9.91. The van der Waals surface area contributed by atoms with Gasteiger partial charge in [-0.1, -0.05) is 29.8 Å². The van der Waals surface area contributed by atoms with Gasteiger partial charge in [0.15, 0.2) is 5.96 Å². The quantitative estimate of drug-likeness (QED) is 0.399. The number of halogens is 1. The molecule has 5 nitrogen and oxygen atoms in total. The first-order valence-electron chi connectivity index (χ1n) is 8.49. The molecule has 0 bridgehead atoms. The summed E-state index contributed by atoms with van der Waals surface area (Å²) in [7, 11) is 1.72. The number of hydrogen-bond donors (Lipinski definition) is 2. The first-order chi connectivity index (χ1) is 12.2. The van der Waals surface area contributed by atoms with Crippen molar-refractivity contribution in [2.75, 3.05) is 20.1 Å². The molecule has 0 unspecified atom stereocenters. The summed E-state index contributed by atoms with van der Waals surface area (Å²) in [5.74, 6) is 0.747. The number of carbonyl (C=O) groups excluding carboxylic acids is 1. The molecule has 0 saturated heterocycles. The summed E-state index contributed by atoms with van der Waals surface area (Å²) >= 11 is 1.78. The average Bonchev–Trinajstić information content (AvgIpc) is 3.10. The van der Waals surface area contributed by atoms with Gasteiger partial charge < -0.3 is 15.5 Å². The van der Waals surface area contributed by atoms with Crippen molar-refractivity contribution in [3.63, 3.8) is 0 Å². The van der Waals surface area contributed by atoms with Crippen LogP contribution in [0, 0.1) is 6.92 Å². The van der Waals surface area contributed by atoms with Crippen LogP contribution in [0.4, 0.5) is 0 Å². The largest absolute Gasteiger partial charge is 0.352 e. The Balaban J connectivity index is 0.00000243. The summed E-state index contributed by atoms with van der Waals surface area (Å²) in [5, 5.41) is 8.47. The van der Waals surface area contributed by atoms with E-state index in [1.54, 1.807) is 18.4 Å². The van der Waals surface area contributed by atoms with Crippen molar-refractivity contribution in [1.29, 1.82) is 0 Å². The van der Waals surface area contributed by atoms with Crippen LogP contribution < -0.4 is 10.6 Å². The molecule has 0 spiro atoms. The summed E-state index contributed by atoms with van der Waals surface area (Å²) in [6.45, 7) is 4.52. The number of carbonyl (C=O) groups is 1. The second-order valence-corrected chi connectivity index (χ2v) is 7.20. The van der Waals surface area contributed by atoms with Crippen LogP contribution in [0.2, 0.25) is 0 Å². The number of thiophene rings is 1. The first kappa shape index (κ1) is 20.7. The highest BCUT2D eigenvalue weighted by Gasteiger charge is 2.21. The lowest BCUT2D eigenvalue weighted by Gasteiger charge is -2.27. The van der Waals surface area contributed by atoms with Crippen LogP contribution in [-0.2, 0) is 24.3 Å². The van der Waals surface area contributed by atoms with Gasteiger partial charge in [0.1, 0.15) is 0 Å². The number of aryl methyl sites for hydroxylation is 1. The third kappa shape index (κ3) is 5.44. The minimum Gasteiger partial charge on any atom is -0.352 e. The fourth-order valence-electron chi connectivity index (χ4n) is 2.84. The Bertz CT molecular complexity index is 757. The van der Waals surface area contributed by atoms with Crippen molar-refractivity contribution in [2.24, 2.45) is 4.99 Å². The minimum absolute atomic E-state index is 0. The van der Waals surface area contributed by atoms with Crippen LogP contribution in [0.15, 0.2) is 40.7 Å². The Morgan fingerprint density at radius 3 is 2.73 bits per heavy atom. The molecule has 0 aliphatic carbocycles.